The average molecular weight is 604 g/mol. The highest BCUT2D eigenvalue weighted by Crippen LogP contribution is 2.44. The van der Waals surface area contributed by atoms with Gasteiger partial charge in [-0.25, -0.2) is 0 Å². The number of hydrogen-bond donors (Lipinski definition) is 4. The number of aromatic amines is 1. The first-order chi connectivity index (χ1) is 19.4. The van der Waals surface area contributed by atoms with Crippen LogP contribution >= 0.6 is 0 Å². The standard InChI is InChI=1S/C27H31F6N5O4/c1-25(2,3)11-17(23(40)36-15(12-34)6-5-13-7-8-35-22(13)39)38-24(41)21-20(27(31,32)33)19-16(37-21)9-14(26(28,29)30)10-18(19)42-4/h9-10,13,15,17,37H,5-8,11H2,1-4H3,(H,35,39)(H,36,40)(H,38,41)/t13-,15+,17+/m1/s1. The summed E-state index contributed by atoms with van der Waals surface area (Å²) in [4.78, 5) is 40.4. The van der Waals surface area contributed by atoms with E-state index >= 15 is 0 Å². The number of rotatable bonds is 9. The molecule has 4 N–H and O–H groups in total. The molecule has 1 aromatic carbocycles. The molecule has 3 atom stereocenters. The first-order valence-corrected chi connectivity index (χ1v) is 13.0. The lowest BCUT2D eigenvalue weighted by Gasteiger charge is -2.27. The number of alkyl halides is 6. The predicted molar refractivity (Wildman–Crippen MR) is 138 cm³/mol. The van der Waals surface area contributed by atoms with Crippen molar-refractivity contribution in [1.82, 2.24) is 20.9 Å². The zero-order valence-corrected chi connectivity index (χ0v) is 23.3. The van der Waals surface area contributed by atoms with Crippen molar-refractivity contribution in [1.29, 1.82) is 5.26 Å². The summed E-state index contributed by atoms with van der Waals surface area (Å²) in [5.74, 6) is -3.47. The number of fused-ring (bicyclic) bond motifs is 1. The summed E-state index contributed by atoms with van der Waals surface area (Å²) in [5, 5.41) is 16.2. The zero-order chi connectivity index (χ0) is 31.6. The monoisotopic (exact) mass is 603 g/mol. The van der Waals surface area contributed by atoms with Gasteiger partial charge in [-0.1, -0.05) is 20.8 Å². The minimum atomic E-state index is -5.20. The Labute approximate surface area is 237 Å². The number of H-pyrrole nitrogens is 1. The summed E-state index contributed by atoms with van der Waals surface area (Å²) in [6.07, 6.45) is -9.16. The van der Waals surface area contributed by atoms with Gasteiger partial charge < -0.3 is 25.7 Å². The largest absolute Gasteiger partial charge is 0.496 e. The lowest BCUT2D eigenvalue weighted by atomic mass is 9.87. The number of hydrogen-bond acceptors (Lipinski definition) is 5. The molecule has 3 amide bonds. The van der Waals surface area contributed by atoms with Crippen LogP contribution < -0.4 is 20.7 Å². The molecule has 3 rings (SSSR count). The second-order valence-electron chi connectivity index (χ2n) is 11.3. The normalized spacial score (nSPS) is 17.4. The van der Waals surface area contributed by atoms with Gasteiger partial charge in [0, 0.05) is 12.5 Å². The Morgan fingerprint density at radius 1 is 1.12 bits per heavy atom. The molecule has 0 spiro atoms. The van der Waals surface area contributed by atoms with Crippen LogP contribution in [0, 0.1) is 22.7 Å². The summed E-state index contributed by atoms with van der Waals surface area (Å²) in [7, 11) is 0.899. The molecule has 42 heavy (non-hydrogen) atoms. The highest BCUT2D eigenvalue weighted by Gasteiger charge is 2.42. The van der Waals surface area contributed by atoms with Crippen molar-refractivity contribution in [3.05, 3.63) is 29.0 Å². The highest BCUT2D eigenvalue weighted by atomic mass is 19.4. The molecule has 9 nitrogen and oxygen atoms in total. The van der Waals surface area contributed by atoms with Crippen molar-refractivity contribution in [3.63, 3.8) is 0 Å². The van der Waals surface area contributed by atoms with Crippen LogP contribution in [0.5, 0.6) is 5.75 Å². The topological polar surface area (TPSA) is 136 Å². The van der Waals surface area contributed by atoms with E-state index in [-0.39, 0.29) is 24.7 Å². The van der Waals surface area contributed by atoms with Crippen molar-refractivity contribution >= 4 is 28.6 Å². The van der Waals surface area contributed by atoms with Crippen molar-refractivity contribution in [2.45, 2.75) is 70.9 Å². The van der Waals surface area contributed by atoms with Crippen molar-refractivity contribution in [3.8, 4) is 11.8 Å². The van der Waals surface area contributed by atoms with Gasteiger partial charge in [-0.15, -0.1) is 0 Å². The Morgan fingerprint density at radius 3 is 2.29 bits per heavy atom. The minimum absolute atomic E-state index is 0.0587. The molecule has 0 radical (unpaired) electrons. The van der Waals surface area contributed by atoms with Gasteiger partial charge in [0.2, 0.25) is 11.8 Å². The molecule has 0 saturated carbocycles. The van der Waals surface area contributed by atoms with Crippen molar-refractivity contribution < 1.29 is 45.5 Å². The van der Waals surface area contributed by atoms with Crippen LogP contribution in [-0.2, 0) is 21.9 Å². The Kier molecular flexibility index (Phi) is 9.38. The number of amides is 3. The predicted octanol–water partition coefficient (Wildman–Crippen LogP) is 4.67. The van der Waals surface area contributed by atoms with Gasteiger partial charge in [0.25, 0.3) is 5.91 Å². The molecule has 0 unspecified atom stereocenters. The van der Waals surface area contributed by atoms with Crippen LogP contribution in [0.15, 0.2) is 12.1 Å². The fourth-order valence-electron chi connectivity index (χ4n) is 4.85. The Bertz CT molecular complexity index is 1390. The fourth-order valence-corrected chi connectivity index (χ4v) is 4.85. The van der Waals surface area contributed by atoms with Gasteiger partial charge in [-0.2, -0.15) is 31.6 Å². The summed E-state index contributed by atoms with van der Waals surface area (Å²) in [5.41, 5.74) is -5.23. The molecular weight excluding hydrogens is 572 g/mol. The van der Waals surface area contributed by atoms with E-state index in [0.29, 0.717) is 31.5 Å². The lowest BCUT2D eigenvalue weighted by Crippen LogP contribution is -2.51. The highest BCUT2D eigenvalue weighted by molar-refractivity contribution is 6.05. The second kappa shape index (κ2) is 12.1. The van der Waals surface area contributed by atoms with Crippen LogP contribution in [0.3, 0.4) is 0 Å². The maximum atomic E-state index is 14.2. The van der Waals surface area contributed by atoms with E-state index in [2.05, 4.69) is 20.9 Å². The lowest BCUT2D eigenvalue weighted by molar-refractivity contribution is -0.137. The molecule has 1 aliphatic rings. The van der Waals surface area contributed by atoms with Gasteiger partial charge >= 0.3 is 12.4 Å². The van der Waals surface area contributed by atoms with E-state index in [0.717, 1.165) is 7.11 Å². The van der Waals surface area contributed by atoms with Crippen molar-refractivity contribution in [2.24, 2.45) is 11.3 Å². The maximum absolute atomic E-state index is 14.2. The van der Waals surface area contributed by atoms with E-state index in [1.807, 2.05) is 6.07 Å². The van der Waals surface area contributed by atoms with Gasteiger partial charge in [0.15, 0.2) is 0 Å². The molecule has 1 saturated heterocycles. The number of nitrogens with one attached hydrogen (secondary N) is 4. The Morgan fingerprint density at radius 2 is 1.79 bits per heavy atom. The van der Waals surface area contributed by atoms with Gasteiger partial charge in [-0.05, 0) is 43.2 Å². The van der Waals surface area contributed by atoms with Gasteiger partial charge in [-0.3, -0.25) is 14.4 Å². The zero-order valence-electron chi connectivity index (χ0n) is 23.3. The van der Waals surface area contributed by atoms with Crippen LogP contribution in [0.2, 0.25) is 0 Å². The average Bonchev–Trinajstić information content (AvgIpc) is 3.47. The quantitative estimate of drug-likeness (QED) is 0.309. The maximum Gasteiger partial charge on any atom is 0.419 e. The number of methoxy groups -OCH3 is 1. The Hall–Kier alpha value is -3.96. The minimum Gasteiger partial charge on any atom is -0.496 e. The number of nitrogens with zero attached hydrogens (tertiary/aromatic N) is 1. The van der Waals surface area contributed by atoms with E-state index in [4.69, 9.17) is 4.74 Å². The molecule has 0 bridgehead atoms. The third-order valence-electron chi connectivity index (χ3n) is 6.80. The summed E-state index contributed by atoms with van der Waals surface area (Å²) < 4.78 is 87.7. The number of carbonyl (C=O) groups is 3. The second-order valence-corrected chi connectivity index (χ2v) is 11.3. The fraction of sp³-hybridized carbons (Fsp3) is 0.556. The first kappa shape index (κ1) is 32.6. The van der Waals surface area contributed by atoms with Crippen LogP contribution in [-0.4, -0.2) is 48.4 Å². The van der Waals surface area contributed by atoms with Crippen LogP contribution in [0.25, 0.3) is 10.9 Å². The Balaban J connectivity index is 1.95. The van der Waals surface area contributed by atoms with E-state index < -0.39 is 75.1 Å². The number of nitriles is 1. The van der Waals surface area contributed by atoms with E-state index in [1.54, 1.807) is 20.8 Å². The van der Waals surface area contributed by atoms with Crippen LogP contribution in [0.4, 0.5) is 26.3 Å². The molecule has 2 aromatic rings. The summed E-state index contributed by atoms with van der Waals surface area (Å²) >= 11 is 0. The third-order valence-corrected chi connectivity index (χ3v) is 6.80. The number of halogens is 6. The molecule has 2 heterocycles. The first-order valence-electron chi connectivity index (χ1n) is 13.0. The number of aromatic nitrogens is 1. The molecule has 1 aromatic heterocycles. The van der Waals surface area contributed by atoms with E-state index in [1.165, 1.54) is 0 Å². The van der Waals surface area contributed by atoms with Gasteiger partial charge in [0.05, 0.1) is 35.2 Å². The number of benzene rings is 1. The summed E-state index contributed by atoms with van der Waals surface area (Å²) in [6, 6.07) is 0.292. The van der Waals surface area contributed by atoms with Crippen LogP contribution in [0.1, 0.15) is 68.1 Å². The molecule has 230 valence electrons. The van der Waals surface area contributed by atoms with E-state index in [9.17, 15) is 46.0 Å². The smallest absolute Gasteiger partial charge is 0.419 e. The molecular formula is C27H31F6N5O4. The number of carbonyl (C=O) groups excluding carboxylic acids is 3. The third kappa shape index (κ3) is 7.65. The molecule has 0 aliphatic carbocycles. The summed E-state index contributed by atoms with van der Waals surface area (Å²) in [6.45, 7) is 5.65. The molecule has 15 heteroatoms. The number of ether oxygens (including phenoxy) is 1. The molecule has 1 fully saturated rings. The van der Waals surface area contributed by atoms with Crippen molar-refractivity contribution in [2.75, 3.05) is 13.7 Å². The molecule has 1 aliphatic heterocycles. The van der Waals surface area contributed by atoms with Gasteiger partial charge in [0.1, 0.15) is 23.5 Å². The SMILES string of the molecule is COc1cc(C(F)(F)F)cc2[nH]c(C(=O)N[C@@H](CC(C)(C)C)C(=O)N[C@H](C#N)CC[C@@H]3CCNC3=O)c(C(F)(F)F)c12.